The molecule has 23 heavy (non-hydrogen) atoms. The number of hydrogen-bond donors (Lipinski definition) is 2. The number of aliphatic hydroxyl groups excluding tert-OH is 2. The summed E-state index contributed by atoms with van der Waals surface area (Å²) in [6.45, 7) is 0.882. The predicted octanol–water partition coefficient (Wildman–Crippen LogP) is -3.61. The standard InChI is InChI=1S/C15H26N2O6/c18-11-9-16(5-1-2-6-16)15(13(20)21,14(22)23)17(10-12-19)7-3-4-8-17/h18-19H,1-12H2. The quantitative estimate of drug-likeness (QED) is 0.350. The highest BCUT2D eigenvalue weighted by Crippen LogP contribution is 2.41. The Bertz CT molecular complexity index is 413. The molecule has 0 aliphatic carbocycles. The molecular weight excluding hydrogens is 304 g/mol. The minimum atomic E-state index is -2.28. The molecule has 2 aliphatic heterocycles. The second-order valence-electron chi connectivity index (χ2n) is 6.74. The molecule has 0 bridgehead atoms. The lowest BCUT2D eigenvalue weighted by Crippen LogP contribution is -2.89. The van der Waals surface area contributed by atoms with Crippen LogP contribution in [-0.2, 0) is 9.59 Å². The first-order valence-corrected chi connectivity index (χ1v) is 8.29. The Morgan fingerprint density at radius 2 is 1.09 bits per heavy atom. The molecule has 2 heterocycles. The molecule has 2 aliphatic rings. The average Bonchev–Trinajstić information content (AvgIpc) is 3.11. The SMILES string of the molecule is O=C([O-])C(C(=O)[O-])([N+]1(CCO)CCCC1)[N+]1(CCO)CCCC1. The number of likely N-dealkylation sites (tertiary alicyclic amines) is 2. The van der Waals surface area contributed by atoms with Crippen LogP contribution in [0.4, 0.5) is 0 Å². The van der Waals surface area contributed by atoms with Crippen LogP contribution in [0.15, 0.2) is 0 Å². The van der Waals surface area contributed by atoms with Crippen molar-refractivity contribution in [2.45, 2.75) is 31.3 Å². The molecule has 0 unspecified atom stereocenters. The van der Waals surface area contributed by atoms with Crippen molar-refractivity contribution in [3.63, 3.8) is 0 Å². The topological polar surface area (TPSA) is 121 Å². The summed E-state index contributed by atoms with van der Waals surface area (Å²) in [6.07, 6.45) is 2.78. The molecule has 0 aromatic carbocycles. The maximum atomic E-state index is 12.3. The van der Waals surface area contributed by atoms with Crippen molar-refractivity contribution in [1.29, 1.82) is 0 Å². The second-order valence-corrected chi connectivity index (χ2v) is 6.74. The molecule has 0 atom stereocenters. The highest BCUT2D eigenvalue weighted by Gasteiger charge is 2.68. The largest absolute Gasteiger partial charge is 0.539 e. The van der Waals surface area contributed by atoms with Crippen molar-refractivity contribution in [2.24, 2.45) is 0 Å². The normalized spacial score (nSPS) is 23.0. The number of carboxylic acids is 2. The van der Waals surface area contributed by atoms with Crippen molar-refractivity contribution < 1.29 is 39.0 Å². The lowest BCUT2D eigenvalue weighted by molar-refractivity contribution is -1.14. The number of carbonyl (C=O) groups excluding carboxylic acids is 2. The van der Waals surface area contributed by atoms with E-state index in [-0.39, 0.29) is 35.3 Å². The van der Waals surface area contributed by atoms with Gasteiger partial charge in [-0.2, -0.15) is 0 Å². The van der Waals surface area contributed by atoms with Crippen molar-refractivity contribution >= 4 is 11.9 Å². The van der Waals surface area contributed by atoms with Crippen molar-refractivity contribution in [3.8, 4) is 0 Å². The van der Waals surface area contributed by atoms with Crippen molar-refractivity contribution in [1.82, 2.24) is 0 Å². The molecule has 0 saturated carbocycles. The molecule has 0 aromatic heterocycles. The van der Waals surface area contributed by atoms with Gasteiger partial charge >= 0.3 is 5.66 Å². The van der Waals surface area contributed by atoms with Crippen LogP contribution in [0.3, 0.4) is 0 Å². The number of hydrogen-bond acceptors (Lipinski definition) is 6. The van der Waals surface area contributed by atoms with E-state index in [9.17, 15) is 30.0 Å². The average molecular weight is 330 g/mol. The molecule has 2 rings (SSSR count). The van der Waals surface area contributed by atoms with E-state index in [2.05, 4.69) is 0 Å². The van der Waals surface area contributed by atoms with Crippen LogP contribution in [0.2, 0.25) is 0 Å². The molecule has 2 N–H and O–H groups in total. The van der Waals surface area contributed by atoms with Crippen LogP contribution >= 0.6 is 0 Å². The monoisotopic (exact) mass is 330 g/mol. The van der Waals surface area contributed by atoms with E-state index in [1.807, 2.05) is 0 Å². The molecule has 8 nitrogen and oxygen atoms in total. The van der Waals surface area contributed by atoms with Gasteiger partial charge in [0, 0.05) is 25.7 Å². The summed E-state index contributed by atoms with van der Waals surface area (Å²) < 4.78 is -0.512. The summed E-state index contributed by atoms with van der Waals surface area (Å²) in [7, 11) is 0. The smallest absolute Gasteiger partial charge is 0.308 e. The number of nitrogens with zero attached hydrogens (tertiary/aromatic N) is 2. The Morgan fingerprint density at radius 1 is 0.783 bits per heavy atom. The van der Waals surface area contributed by atoms with Gasteiger partial charge in [0.1, 0.15) is 13.1 Å². The van der Waals surface area contributed by atoms with E-state index in [1.165, 1.54) is 0 Å². The number of carbonyl (C=O) groups is 2. The highest BCUT2D eigenvalue weighted by atomic mass is 16.4. The van der Waals surface area contributed by atoms with Gasteiger partial charge in [0.15, 0.2) is 11.9 Å². The first-order valence-electron chi connectivity index (χ1n) is 8.29. The fourth-order valence-corrected chi connectivity index (χ4v) is 4.99. The van der Waals surface area contributed by atoms with Gasteiger partial charge in [0.2, 0.25) is 0 Å². The van der Waals surface area contributed by atoms with E-state index in [0.29, 0.717) is 51.9 Å². The first kappa shape index (κ1) is 18.1. The molecule has 8 heteroatoms. The minimum Gasteiger partial charge on any atom is -0.539 e. The lowest BCUT2D eigenvalue weighted by atomic mass is 9.98. The highest BCUT2D eigenvalue weighted by molar-refractivity contribution is 5.97. The summed E-state index contributed by atoms with van der Waals surface area (Å²) >= 11 is 0. The first-order chi connectivity index (χ1) is 10.9. The maximum Gasteiger partial charge on any atom is 0.308 e. The molecule has 0 radical (unpaired) electrons. The zero-order valence-electron chi connectivity index (χ0n) is 13.4. The third-order valence-electron chi connectivity index (χ3n) is 5.84. The van der Waals surface area contributed by atoms with Crippen LogP contribution in [0.25, 0.3) is 0 Å². The second kappa shape index (κ2) is 6.72. The molecule has 2 saturated heterocycles. The van der Waals surface area contributed by atoms with Gasteiger partial charge in [-0.25, -0.2) is 0 Å². The van der Waals surface area contributed by atoms with Gasteiger partial charge in [-0.05, 0) is 0 Å². The summed E-state index contributed by atoms with van der Waals surface area (Å²) in [5.41, 5.74) is -2.28. The molecule has 0 aromatic rings. The van der Waals surface area contributed by atoms with Crippen molar-refractivity contribution in [3.05, 3.63) is 0 Å². The molecule has 0 spiro atoms. The van der Waals surface area contributed by atoms with E-state index in [0.717, 1.165) is 0 Å². The number of quaternary nitrogens is 2. The van der Waals surface area contributed by atoms with Gasteiger partial charge in [-0.1, -0.05) is 0 Å². The zero-order chi connectivity index (χ0) is 17.1. The Morgan fingerprint density at radius 3 is 1.30 bits per heavy atom. The van der Waals surface area contributed by atoms with E-state index >= 15 is 0 Å². The fourth-order valence-electron chi connectivity index (χ4n) is 4.99. The Balaban J connectivity index is 2.68. The lowest BCUT2D eigenvalue weighted by Gasteiger charge is -2.59. The Labute approximate surface area is 135 Å². The van der Waals surface area contributed by atoms with Gasteiger partial charge in [-0.15, -0.1) is 0 Å². The summed E-state index contributed by atoms with van der Waals surface area (Å²) in [5, 5.41) is 43.5. The number of rotatable bonds is 8. The summed E-state index contributed by atoms with van der Waals surface area (Å²) in [5.74, 6) is -3.33. The number of aliphatic carboxylic acids is 2. The van der Waals surface area contributed by atoms with Gasteiger partial charge in [0.25, 0.3) is 0 Å². The third-order valence-corrected chi connectivity index (χ3v) is 5.84. The van der Waals surface area contributed by atoms with E-state index in [1.54, 1.807) is 0 Å². The maximum absolute atomic E-state index is 12.3. The molecular formula is C15H26N2O6. The van der Waals surface area contributed by atoms with Crippen LogP contribution in [-0.4, -0.2) is 89.3 Å². The van der Waals surface area contributed by atoms with Crippen molar-refractivity contribution in [2.75, 3.05) is 52.5 Å². The van der Waals surface area contributed by atoms with Crippen LogP contribution < -0.4 is 10.2 Å². The van der Waals surface area contributed by atoms with Crippen LogP contribution in [0.1, 0.15) is 25.7 Å². The molecule has 0 amide bonds. The number of aliphatic hydroxyl groups is 2. The van der Waals surface area contributed by atoms with Crippen LogP contribution in [0, 0.1) is 0 Å². The Kier molecular flexibility index (Phi) is 5.30. The van der Waals surface area contributed by atoms with E-state index in [4.69, 9.17) is 0 Å². The summed E-state index contributed by atoms with van der Waals surface area (Å²) in [4.78, 5) is 24.5. The molecule has 132 valence electrons. The van der Waals surface area contributed by atoms with Gasteiger partial charge in [-0.3, -0.25) is 8.97 Å². The number of carboxylic acid groups (broad SMARTS) is 2. The minimum absolute atomic E-state index is 0.0351. The predicted molar refractivity (Wildman–Crippen MR) is 75.1 cm³/mol. The zero-order valence-corrected chi connectivity index (χ0v) is 13.4. The van der Waals surface area contributed by atoms with Gasteiger partial charge in [0.05, 0.1) is 39.4 Å². The van der Waals surface area contributed by atoms with E-state index < -0.39 is 17.6 Å². The molecule has 2 fully saturated rings. The van der Waals surface area contributed by atoms with Crippen LogP contribution in [0.5, 0.6) is 0 Å². The van der Waals surface area contributed by atoms with Gasteiger partial charge < -0.3 is 30.0 Å². The fraction of sp³-hybridized carbons (Fsp3) is 0.867. The Hall–Kier alpha value is -1.22. The summed E-state index contributed by atoms with van der Waals surface area (Å²) in [6, 6.07) is 0. The third kappa shape index (κ3) is 2.44.